The molecule has 0 radical (unpaired) electrons. The summed E-state index contributed by atoms with van der Waals surface area (Å²) in [5, 5.41) is 0. The molecule has 0 amide bonds. The lowest BCUT2D eigenvalue weighted by atomic mass is 10.7. The van der Waals surface area contributed by atoms with Gasteiger partial charge < -0.3 is 4.90 Å². The van der Waals surface area contributed by atoms with E-state index in [-0.39, 0.29) is 0 Å². The Balaban J connectivity index is 3.55. The van der Waals surface area contributed by atoms with Crippen molar-refractivity contribution < 1.29 is 0 Å². The standard InChI is InChI=1S/C7H12N2/c1-4-8-6-7-9(3)5-2/h4-7H,2H2,1,3H3/b7-6-,8-4-. The van der Waals surface area contributed by atoms with Gasteiger partial charge in [0, 0.05) is 25.7 Å². The number of nitrogens with zero attached hydrogens (tertiary/aromatic N) is 2. The van der Waals surface area contributed by atoms with E-state index in [0.29, 0.717) is 0 Å². The first-order valence-electron chi connectivity index (χ1n) is 2.80. The van der Waals surface area contributed by atoms with Crippen LogP contribution in [0.5, 0.6) is 0 Å². The zero-order chi connectivity index (χ0) is 7.11. The van der Waals surface area contributed by atoms with Gasteiger partial charge in [0.15, 0.2) is 0 Å². The number of rotatable bonds is 3. The van der Waals surface area contributed by atoms with Crippen molar-refractivity contribution in [3.05, 3.63) is 25.2 Å². The van der Waals surface area contributed by atoms with Crippen LogP contribution in [-0.4, -0.2) is 18.2 Å². The highest BCUT2D eigenvalue weighted by Crippen LogP contribution is 1.82. The van der Waals surface area contributed by atoms with Crippen LogP contribution in [0.15, 0.2) is 30.2 Å². The summed E-state index contributed by atoms with van der Waals surface area (Å²) in [4.78, 5) is 5.69. The van der Waals surface area contributed by atoms with Gasteiger partial charge in [-0.05, 0) is 13.1 Å². The molecule has 0 atom stereocenters. The molecule has 0 saturated heterocycles. The van der Waals surface area contributed by atoms with Gasteiger partial charge in [0.2, 0.25) is 0 Å². The van der Waals surface area contributed by atoms with Crippen molar-refractivity contribution >= 4 is 6.21 Å². The van der Waals surface area contributed by atoms with Gasteiger partial charge in [-0.1, -0.05) is 6.58 Å². The average molecular weight is 124 g/mol. The van der Waals surface area contributed by atoms with E-state index in [4.69, 9.17) is 0 Å². The minimum absolute atomic E-state index is 1.71. The number of hydrogen-bond donors (Lipinski definition) is 0. The minimum atomic E-state index is 1.71. The summed E-state index contributed by atoms with van der Waals surface area (Å²) in [6, 6.07) is 0. The van der Waals surface area contributed by atoms with Crippen LogP contribution in [0.3, 0.4) is 0 Å². The Bertz CT molecular complexity index is 125. The molecule has 0 spiro atoms. The van der Waals surface area contributed by atoms with Crippen molar-refractivity contribution in [2.45, 2.75) is 6.92 Å². The molecule has 0 aliphatic heterocycles. The van der Waals surface area contributed by atoms with E-state index in [9.17, 15) is 0 Å². The topological polar surface area (TPSA) is 15.6 Å². The molecular formula is C7H12N2. The van der Waals surface area contributed by atoms with Crippen molar-refractivity contribution in [3.8, 4) is 0 Å². The van der Waals surface area contributed by atoms with E-state index in [1.807, 2.05) is 25.1 Å². The van der Waals surface area contributed by atoms with Crippen LogP contribution in [0.2, 0.25) is 0 Å². The summed E-state index contributed by atoms with van der Waals surface area (Å²) in [5.74, 6) is 0. The second kappa shape index (κ2) is 5.09. The molecule has 0 bridgehead atoms. The maximum absolute atomic E-state index is 3.86. The molecule has 2 nitrogen and oxygen atoms in total. The first-order chi connectivity index (χ1) is 4.31. The van der Waals surface area contributed by atoms with Gasteiger partial charge in [0.05, 0.1) is 0 Å². The Morgan fingerprint density at radius 3 is 2.67 bits per heavy atom. The number of hydrogen-bond acceptors (Lipinski definition) is 2. The minimum Gasteiger partial charge on any atom is -0.356 e. The second-order valence-corrected chi connectivity index (χ2v) is 1.55. The van der Waals surface area contributed by atoms with Crippen LogP contribution < -0.4 is 0 Å². The first kappa shape index (κ1) is 7.95. The predicted molar refractivity (Wildman–Crippen MR) is 41.3 cm³/mol. The maximum Gasteiger partial charge on any atom is 0.0425 e. The van der Waals surface area contributed by atoms with Gasteiger partial charge in [-0.3, -0.25) is 4.99 Å². The molecule has 0 aliphatic carbocycles. The summed E-state index contributed by atoms with van der Waals surface area (Å²) >= 11 is 0. The molecular weight excluding hydrogens is 112 g/mol. The fourth-order valence-corrected chi connectivity index (χ4v) is 0.291. The van der Waals surface area contributed by atoms with E-state index >= 15 is 0 Å². The van der Waals surface area contributed by atoms with Crippen LogP contribution in [0.1, 0.15) is 6.92 Å². The first-order valence-corrected chi connectivity index (χ1v) is 2.80. The van der Waals surface area contributed by atoms with Gasteiger partial charge in [-0.25, -0.2) is 0 Å². The van der Waals surface area contributed by atoms with Crippen LogP contribution in [-0.2, 0) is 0 Å². The third-order valence-corrected chi connectivity index (χ3v) is 0.825. The molecule has 2 heteroatoms. The molecule has 0 rings (SSSR count). The Kier molecular flexibility index (Phi) is 4.50. The fraction of sp³-hybridized carbons (Fsp3) is 0.286. The van der Waals surface area contributed by atoms with Crippen molar-refractivity contribution in [1.29, 1.82) is 0 Å². The van der Waals surface area contributed by atoms with E-state index in [2.05, 4.69) is 11.6 Å². The Morgan fingerprint density at radius 1 is 1.56 bits per heavy atom. The predicted octanol–water partition coefficient (Wildman–Crippen LogP) is 1.62. The molecule has 0 unspecified atom stereocenters. The highest BCUT2D eigenvalue weighted by molar-refractivity contribution is 5.54. The average Bonchev–Trinajstić information content (AvgIpc) is 1.89. The van der Waals surface area contributed by atoms with Crippen molar-refractivity contribution in [2.75, 3.05) is 7.05 Å². The quantitative estimate of drug-likeness (QED) is 0.522. The summed E-state index contributed by atoms with van der Waals surface area (Å²) in [5.41, 5.74) is 0. The molecule has 0 aromatic rings. The van der Waals surface area contributed by atoms with Crippen molar-refractivity contribution in [2.24, 2.45) is 4.99 Å². The zero-order valence-electron chi connectivity index (χ0n) is 5.91. The van der Waals surface area contributed by atoms with Crippen molar-refractivity contribution in [1.82, 2.24) is 4.90 Å². The van der Waals surface area contributed by atoms with Crippen molar-refractivity contribution in [3.63, 3.8) is 0 Å². The lowest BCUT2D eigenvalue weighted by Crippen LogP contribution is -1.97. The smallest absolute Gasteiger partial charge is 0.0425 e. The Labute approximate surface area is 56.2 Å². The molecule has 0 fully saturated rings. The number of aliphatic imine (C=N–C) groups is 1. The lowest BCUT2D eigenvalue weighted by molar-refractivity contribution is 0.626. The monoisotopic (exact) mass is 124 g/mol. The highest BCUT2D eigenvalue weighted by atomic mass is 15.0. The lowest BCUT2D eigenvalue weighted by Gasteiger charge is -2.02. The van der Waals surface area contributed by atoms with Gasteiger partial charge in [-0.2, -0.15) is 0 Å². The Morgan fingerprint density at radius 2 is 2.22 bits per heavy atom. The van der Waals surface area contributed by atoms with Crippen LogP contribution in [0.25, 0.3) is 0 Å². The zero-order valence-corrected chi connectivity index (χ0v) is 5.91. The molecule has 0 saturated carbocycles. The largest absolute Gasteiger partial charge is 0.356 e. The molecule has 0 aliphatic rings. The molecule has 0 aromatic carbocycles. The normalized spacial score (nSPS) is 10.9. The fourth-order valence-electron chi connectivity index (χ4n) is 0.291. The molecule has 0 heterocycles. The van der Waals surface area contributed by atoms with Crippen LogP contribution >= 0.6 is 0 Å². The summed E-state index contributed by atoms with van der Waals surface area (Å²) < 4.78 is 0. The SMILES string of the molecule is C=CN(C)/C=C\N=C/C. The van der Waals surface area contributed by atoms with E-state index in [1.165, 1.54) is 0 Å². The van der Waals surface area contributed by atoms with Gasteiger partial charge in [0.25, 0.3) is 0 Å². The Hall–Kier alpha value is -1.05. The highest BCUT2D eigenvalue weighted by Gasteiger charge is 1.73. The molecule has 50 valence electrons. The second-order valence-electron chi connectivity index (χ2n) is 1.55. The van der Waals surface area contributed by atoms with E-state index in [1.54, 1.807) is 18.6 Å². The molecule has 0 N–H and O–H groups in total. The molecule has 0 aromatic heterocycles. The van der Waals surface area contributed by atoms with Gasteiger partial charge in [0.1, 0.15) is 0 Å². The summed E-state index contributed by atoms with van der Waals surface area (Å²) in [6.07, 6.45) is 6.98. The third-order valence-electron chi connectivity index (χ3n) is 0.825. The van der Waals surface area contributed by atoms with E-state index in [0.717, 1.165) is 0 Å². The van der Waals surface area contributed by atoms with E-state index < -0.39 is 0 Å². The summed E-state index contributed by atoms with van der Waals surface area (Å²) in [7, 11) is 1.90. The maximum atomic E-state index is 3.86. The third kappa shape index (κ3) is 4.81. The van der Waals surface area contributed by atoms with Gasteiger partial charge >= 0.3 is 0 Å². The molecule has 9 heavy (non-hydrogen) atoms. The van der Waals surface area contributed by atoms with Gasteiger partial charge in [-0.15, -0.1) is 0 Å². The van der Waals surface area contributed by atoms with Crippen LogP contribution in [0.4, 0.5) is 0 Å². The summed E-state index contributed by atoms with van der Waals surface area (Å²) in [6.45, 7) is 5.44. The van der Waals surface area contributed by atoms with Crippen LogP contribution in [0, 0.1) is 0 Å².